The molecule has 162 valence electrons. The molecule has 0 radical (unpaired) electrons. The largest absolute Gasteiger partial charge is 0.478 e. The van der Waals surface area contributed by atoms with Gasteiger partial charge in [-0.05, 0) is 56.7 Å². The Kier molecular flexibility index (Phi) is 6.20. The first kappa shape index (κ1) is 21.0. The third kappa shape index (κ3) is 4.14. The van der Waals surface area contributed by atoms with Gasteiger partial charge < -0.3 is 14.6 Å². The lowest BCUT2D eigenvalue weighted by atomic mass is 9.68. The van der Waals surface area contributed by atoms with Crippen molar-refractivity contribution in [2.75, 3.05) is 26.3 Å². The van der Waals surface area contributed by atoms with E-state index in [1.165, 1.54) is 6.07 Å². The van der Waals surface area contributed by atoms with E-state index in [1.54, 1.807) is 18.3 Å². The minimum Gasteiger partial charge on any atom is -0.478 e. The molecule has 1 aliphatic carbocycles. The van der Waals surface area contributed by atoms with E-state index in [0.717, 1.165) is 31.5 Å². The number of hydrogen-bond acceptors (Lipinski definition) is 6. The van der Waals surface area contributed by atoms with Gasteiger partial charge in [-0.3, -0.25) is 4.90 Å². The van der Waals surface area contributed by atoms with Crippen LogP contribution in [0.1, 0.15) is 44.2 Å². The van der Waals surface area contributed by atoms with Crippen molar-refractivity contribution in [3.63, 3.8) is 0 Å². The predicted molar refractivity (Wildman–Crippen MR) is 111 cm³/mol. The molecule has 3 unspecified atom stereocenters. The van der Waals surface area contributed by atoms with E-state index in [9.17, 15) is 9.50 Å². The summed E-state index contributed by atoms with van der Waals surface area (Å²) in [6.07, 6.45) is 4.33. The van der Waals surface area contributed by atoms with Crippen molar-refractivity contribution in [2.24, 2.45) is 11.8 Å². The lowest BCUT2D eigenvalue weighted by Crippen LogP contribution is -2.43. The molecule has 1 saturated heterocycles. The highest BCUT2D eigenvalue weighted by atomic mass is 19.1. The van der Waals surface area contributed by atoms with E-state index in [-0.39, 0.29) is 17.7 Å². The molecule has 0 amide bonds. The zero-order valence-electron chi connectivity index (χ0n) is 17.7. The first-order valence-electron chi connectivity index (χ1n) is 10.9. The number of nitrogens with zero attached hydrogens (tertiary/aromatic N) is 3. The molecule has 30 heavy (non-hydrogen) atoms. The molecule has 1 aromatic carbocycles. The quantitative estimate of drug-likeness (QED) is 0.746. The zero-order chi connectivity index (χ0) is 21.1. The minimum absolute atomic E-state index is 0.0561. The second-order valence-corrected chi connectivity index (χ2v) is 8.24. The highest BCUT2D eigenvalue weighted by Gasteiger charge is 2.51. The third-order valence-corrected chi connectivity index (χ3v) is 6.31. The van der Waals surface area contributed by atoms with Gasteiger partial charge in [-0.25, -0.2) is 9.37 Å². The number of hydrogen-bond donors (Lipinski definition) is 1. The Morgan fingerprint density at radius 1 is 1.23 bits per heavy atom. The molecule has 1 aromatic heterocycles. The van der Waals surface area contributed by atoms with Gasteiger partial charge in [0.2, 0.25) is 5.88 Å². The van der Waals surface area contributed by atoms with Crippen molar-refractivity contribution in [3.05, 3.63) is 47.4 Å². The van der Waals surface area contributed by atoms with Crippen LogP contribution in [-0.2, 0) is 12.1 Å². The number of aromatic nitrogens is 2. The highest BCUT2D eigenvalue weighted by Crippen LogP contribution is 2.50. The number of ether oxygens (including phenoxy) is 2. The van der Waals surface area contributed by atoms with Gasteiger partial charge in [-0.2, -0.15) is 4.98 Å². The molecule has 7 heteroatoms. The highest BCUT2D eigenvalue weighted by molar-refractivity contribution is 5.33. The van der Waals surface area contributed by atoms with Crippen molar-refractivity contribution in [1.82, 2.24) is 14.9 Å². The number of halogens is 1. The van der Waals surface area contributed by atoms with Crippen LogP contribution in [-0.4, -0.2) is 46.3 Å². The van der Waals surface area contributed by atoms with Crippen molar-refractivity contribution in [2.45, 2.75) is 45.3 Å². The van der Waals surface area contributed by atoms with Gasteiger partial charge in [0.1, 0.15) is 11.4 Å². The smallest absolute Gasteiger partial charge is 0.319 e. The Labute approximate surface area is 177 Å². The van der Waals surface area contributed by atoms with Crippen LogP contribution >= 0.6 is 0 Å². The molecule has 6 nitrogen and oxygen atoms in total. The summed E-state index contributed by atoms with van der Waals surface area (Å²) >= 11 is 0. The summed E-state index contributed by atoms with van der Waals surface area (Å²) < 4.78 is 24.8. The second kappa shape index (κ2) is 8.86. The minimum atomic E-state index is -1.05. The first-order chi connectivity index (χ1) is 14.5. The number of benzene rings is 1. The summed E-state index contributed by atoms with van der Waals surface area (Å²) in [6, 6.07) is 7.01. The van der Waals surface area contributed by atoms with Gasteiger partial charge >= 0.3 is 6.01 Å². The van der Waals surface area contributed by atoms with Gasteiger partial charge in [0, 0.05) is 31.7 Å². The average molecular weight is 416 g/mol. The van der Waals surface area contributed by atoms with E-state index in [4.69, 9.17) is 9.47 Å². The molecule has 4 rings (SSSR count). The van der Waals surface area contributed by atoms with Crippen LogP contribution in [0.2, 0.25) is 0 Å². The van der Waals surface area contributed by atoms with E-state index in [0.29, 0.717) is 43.5 Å². The fourth-order valence-electron chi connectivity index (χ4n) is 5.06. The van der Waals surface area contributed by atoms with Crippen LogP contribution in [0.25, 0.3) is 0 Å². The molecule has 2 aromatic rings. The maximum atomic E-state index is 13.6. The first-order valence-corrected chi connectivity index (χ1v) is 10.9. The normalized spacial score (nSPS) is 26.4. The van der Waals surface area contributed by atoms with Crippen LogP contribution in [0.5, 0.6) is 11.9 Å². The molecule has 2 fully saturated rings. The summed E-state index contributed by atoms with van der Waals surface area (Å²) in [5.41, 5.74) is 0.557. The van der Waals surface area contributed by atoms with Gasteiger partial charge in [-0.1, -0.05) is 12.1 Å². The number of aliphatic hydroxyl groups is 1. The summed E-state index contributed by atoms with van der Waals surface area (Å²) in [5, 5.41) is 11.9. The molecule has 2 heterocycles. The van der Waals surface area contributed by atoms with Crippen LogP contribution < -0.4 is 9.47 Å². The standard InChI is InChI=1S/C23H30FN3O3/c1-3-29-21-19(12-25-22(26-21)30-4-2)23(28)10-6-8-17-14-27(15-20(17)23)13-16-7-5-9-18(24)11-16/h5,7,9,11-12,17,20,28H,3-4,6,8,10,13-15H2,1-2H3. The molecule has 1 saturated carbocycles. The molecular formula is C23H30FN3O3. The molecule has 1 aliphatic heterocycles. The summed E-state index contributed by atoms with van der Waals surface area (Å²) in [5.74, 6) is 0.620. The fraction of sp³-hybridized carbons (Fsp3) is 0.565. The van der Waals surface area contributed by atoms with Crippen LogP contribution in [0.4, 0.5) is 4.39 Å². The Hall–Kier alpha value is -2.25. The average Bonchev–Trinajstić information content (AvgIpc) is 3.13. The second-order valence-electron chi connectivity index (χ2n) is 8.24. The Balaban J connectivity index is 1.59. The fourth-order valence-corrected chi connectivity index (χ4v) is 5.06. The molecule has 0 spiro atoms. The SMILES string of the molecule is CCOc1ncc(C2(O)CCCC3CN(Cc4cccc(F)c4)CC32)c(OCC)n1. The van der Waals surface area contributed by atoms with Crippen molar-refractivity contribution < 1.29 is 19.0 Å². The van der Waals surface area contributed by atoms with E-state index < -0.39 is 5.60 Å². The summed E-state index contributed by atoms with van der Waals surface area (Å²) in [4.78, 5) is 11.0. The van der Waals surface area contributed by atoms with Gasteiger partial charge in [0.05, 0.1) is 18.8 Å². The van der Waals surface area contributed by atoms with E-state index >= 15 is 0 Å². The maximum Gasteiger partial charge on any atom is 0.319 e. The Morgan fingerprint density at radius 3 is 2.83 bits per heavy atom. The summed E-state index contributed by atoms with van der Waals surface area (Å²) in [7, 11) is 0. The molecule has 2 aliphatic rings. The van der Waals surface area contributed by atoms with Crippen molar-refractivity contribution in [1.29, 1.82) is 0 Å². The van der Waals surface area contributed by atoms with Crippen LogP contribution in [0.15, 0.2) is 30.5 Å². The monoisotopic (exact) mass is 415 g/mol. The van der Waals surface area contributed by atoms with E-state index in [1.807, 2.05) is 19.9 Å². The topological polar surface area (TPSA) is 67.7 Å². The number of likely N-dealkylation sites (tertiary alicyclic amines) is 1. The Morgan fingerprint density at radius 2 is 2.07 bits per heavy atom. The van der Waals surface area contributed by atoms with Crippen molar-refractivity contribution >= 4 is 0 Å². The lowest BCUT2D eigenvalue weighted by Gasteiger charge is -2.41. The Bertz CT molecular complexity index is 881. The molecule has 3 atom stereocenters. The number of rotatable bonds is 7. The number of fused-ring (bicyclic) bond motifs is 1. The van der Waals surface area contributed by atoms with Gasteiger partial charge in [-0.15, -0.1) is 0 Å². The van der Waals surface area contributed by atoms with Crippen molar-refractivity contribution in [3.8, 4) is 11.9 Å². The zero-order valence-corrected chi connectivity index (χ0v) is 17.7. The van der Waals surface area contributed by atoms with Crippen LogP contribution in [0.3, 0.4) is 0 Å². The maximum absolute atomic E-state index is 13.6. The van der Waals surface area contributed by atoms with Crippen LogP contribution in [0, 0.1) is 17.7 Å². The summed E-state index contributed by atoms with van der Waals surface area (Å²) in [6.45, 7) is 7.01. The molecular weight excluding hydrogens is 385 g/mol. The predicted octanol–water partition coefficient (Wildman–Crippen LogP) is 3.53. The molecule has 1 N–H and O–H groups in total. The molecule has 0 bridgehead atoms. The lowest BCUT2D eigenvalue weighted by molar-refractivity contribution is -0.0672. The van der Waals surface area contributed by atoms with E-state index in [2.05, 4.69) is 14.9 Å². The van der Waals surface area contributed by atoms with Gasteiger partial charge in [0.25, 0.3) is 0 Å². The van der Waals surface area contributed by atoms with Gasteiger partial charge in [0.15, 0.2) is 0 Å². The third-order valence-electron chi connectivity index (χ3n) is 6.31.